The average molecular weight is 337 g/mol. The molecule has 0 aromatic heterocycles. The van der Waals surface area contributed by atoms with Crippen LogP contribution in [-0.4, -0.2) is 25.3 Å². The van der Waals surface area contributed by atoms with Gasteiger partial charge in [-0.2, -0.15) is 10.4 Å². The number of hydrogen-bond acceptors (Lipinski definition) is 5. The lowest BCUT2D eigenvalue weighted by atomic mass is 10.1. The standard InChI is InChI=1S/C19H19N3O3/c1-3-24-18-12-15(7-8-17(18)25-10-9-20)13-21-22-19(23)16-6-4-5-14(2)11-16/h4-8,11-13H,3,10H2,1-2H3,(H,22,23)/b21-13+. The van der Waals surface area contributed by atoms with Crippen LogP contribution in [0.2, 0.25) is 0 Å². The quantitative estimate of drug-likeness (QED) is 0.622. The van der Waals surface area contributed by atoms with Gasteiger partial charge in [-0.05, 0) is 49.7 Å². The van der Waals surface area contributed by atoms with Gasteiger partial charge >= 0.3 is 0 Å². The zero-order valence-electron chi connectivity index (χ0n) is 14.2. The van der Waals surface area contributed by atoms with Crippen molar-refractivity contribution in [2.45, 2.75) is 13.8 Å². The molecule has 0 saturated heterocycles. The Labute approximate surface area is 146 Å². The maximum atomic E-state index is 12.0. The molecule has 2 aromatic rings. The molecule has 0 unspecified atom stereocenters. The molecule has 2 aromatic carbocycles. The molecule has 0 bridgehead atoms. The van der Waals surface area contributed by atoms with Crippen LogP contribution >= 0.6 is 0 Å². The number of nitrogens with zero attached hydrogens (tertiary/aromatic N) is 2. The Morgan fingerprint density at radius 1 is 1.24 bits per heavy atom. The lowest BCUT2D eigenvalue weighted by molar-refractivity contribution is 0.0955. The van der Waals surface area contributed by atoms with Gasteiger partial charge in [0.1, 0.15) is 6.07 Å². The fourth-order valence-electron chi connectivity index (χ4n) is 2.12. The molecule has 0 spiro atoms. The third kappa shape index (κ3) is 5.36. The molecule has 0 heterocycles. The largest absolute Gasteiger partial charge is 0.490 e. The Hall–Kier alpha value is -3.33. The van der Waals surface area contributed by atoms with E-state index in [0.717, 1.165) is 11.1 Å². The first-order chi connectivity index (χ1) is 12.1. The number of benzene rings is 2. The summed E-state index contributed by atoms with van der Waals surface area (Å²) in [6, 6.07) is 14.4. The first-order valence-electron chi connectivity index (χ1n) is 7.80. The highest BCUT2D eigenvalue weighted by Crippen LogP contribution is 2.27. The summed E-state index contributed by atoms with van der Waals surface area (Å²) in [7, 11) is 0. The monoisotopic (exact) mass is 337 g/mol. The smallest absolute Gasteiger partial charge is 0.271 e. The molecule has 0 fully saturated rings. The number of carbonyl (C=O) groups is 1. The number of nitriles is 1. The van der Waals surface area contributed by atoms with Crippen molar-refractivity contribution >= 4 is 12.1 Å². The number of amides is 1. The molecule has 0 aliphatic rings. The molecule has 25 heavy (non-hydrogen) atoms. The van der Waals surface area contributed by atoms with Gasteiger partial charge in [0.15, 0.2) is 18.1 Å². The summed E-state index contributed by atoms with van der Waals surface area (Å²) in [5.41, 5.74) is 4.78. The maximum Gasteiger partial charge on any atom is 0.271 e. The second kappa shape index (κ2) is 9.08. The lowest BCUT2D eigenvalue weighted by Gasteiger charge is -2.10. The third-order valence-corrected chi connectivity index (χ3v) is 3.22. The average Bonchev–Trinajstić information content (AvgIpc) is 2.61. The van der Waals surface area contributed by atoms with E-state index in [1.54, 1.807) is 30.3 Å². The third-order valence-electron chi connectivity index (χ3n) is 3.22. The fourth-order valence-corrected chi connectivity index (χ4v) is 2.12. The number of nitrogens with one attached hydrogen (secondary N) is 1. The van der Waals surface area contributed by atoms with Crippen LogP contribution in [0.5, 0.6) is 11.5 Å². The summed E-state index contributed by atoms with van der Waals surface area (Å²) < 4.78 is 10.8. The van der Waals surface area contributed by atoms with Crippen LogP contribution in [0, 0.1) is 18.3 Å². The second-order valence-electron chi connectivity index (χ2n) is 5.15. The van der Waals surface area contributed by atoms with Crippen molar-refractivity contribution in [3.8, 4) is 17.6 Å². The number of hydrogen-bond donors (Lipinski definition) is 1. The highest BCUT2D eigenvalue weighted by atomic mass is 16.5. The molecule has 1 amide bonds. The molecule has 0 aliphatic carbocycles. The Bertz CT molecular complexity index is 810. The molecular weight excluding hydrogens is 318 g/mol. The van der Waals surface area contributed by atoms with Crippen molar-refractivity contribution in [1.82, 2.24) is 5.43 Å². The highest BCUT2D eigenvalue weighted by molar-refractivity contribution is 5.95. The van der Waals surface area contributed by atoms with Crippen molar-refractivity contribution < 1.29 is 14.3 Å². The molecule has 128 valence electrons. The summed E-state index contributed by atoms with van der Waals surface area (Å²) in [6.07, 6.45) is 1.52. The van der Waals surface area contributed by atoms with Crippen molar-refractivity contribution in [3.63, 3.8) is 0 Å². The molecular formula is C19H19N3O3. The number of aryl methyl sites for hydroxylation is 1. The minimum Gasteiger partial charge on any atom is -0.490 e. The van der Waals surface area contributed by atoms with E-state index in [1.165, 1.54) is 6.21 Å². The predicted octanol–water partition coefficient (Wildman–Crippen LogP) is 3.06. The van der Waals surface area contributed by atoms with E-state index >= 15 is 0 Å². The normalized spacial score (nSPS) is 10.3. The molecule has 0 saturated carbocycles. The summed E-state index contributed by atoms with van der Waals surface area (Å²) >= 11 is 0. The van der Waals surface area contributed by atoms with E-state index in [1.807, 2.05) is 32.0 Å². The van der Waals surface area contributed by atoms with E-state index in [4.69, 9.17) is 14.7 Å². The van der Waals surface area contributed by atoms with Gasteiger partial charge < -0.3 is 9.47 Å². The SMILES string of the molecule is CCOc1cc(/C=N/NC(=O)c2cccc(C)c2)ccc1OCC#N. The van der Waals surface area contributed by atoms with Gasteiger partial charge in [-0.15, -0.1) is 0 Å². The van der Waals surface area contributed by atoms with Crippen LogP contribution in [0.25, 0.3) is 0 Å². The van der Waals surface area contributed by atoms with Crippen molar-refractivity contribution in [2.24, 2.45) is 5.10 Å². The van der Waals surface area contributed by atoms with Crippen molar-refractivity contribution in [2.75, 3.05) is 13.2 Å². The van der Waals surface area contributed by atoms with Crippen LogP contribution in [0.4, 0.5) is 0 Å². The van der Waals surface area contributed by atoms with Gasteiger partial charge in [0.05, 0.1) is 12.8 Å². The van der Waals surface area contributed by atoms with Crippen molar-refractivity contribution in [1.29, 1.82) is 5.26 Å². The summed E-state index contributed by atoms with van der Waals surface area (Å²) in [6.45, 7) is 4.19. The van der Waals surface area contributed by atoms with Gasteiger partial charge in [0.25, 0.3) is 5.91 Å². The van der Waals surface area contributed by atoms with Gasteiger partial charge in [-0.3, -0.25) is 4.79 Å². The highest BCUT2D eigenvalue weighted by Gasteiger charge is 2.06. The van der Waals surface area contributed by atoms with Crippen LogP contribution in [0.1, 0.15) is 28.4 Å². The van der Waals surface area contributed by atoms with E-state index in [9.17, 15) is 4.79 Å². The Morgan fingerprint density at radius 2 is 2.08 bits per heavy atom. The van der Waals surface area contributed by atoms with E-state index in [-0.39, 0.29) is 12.5 Å². The topological polar surface area (TPSA) is 83.7 Å². The van der Waals surface area contributed by atoms with Crippen LogP contribution in [0.3, 0.4) is 0 Å². The van der Waals surface area contributed by atoms with E-state index in [0.29, 0.717) is 23.7 Å². The second-order valence-corrected chi connectivity index (χ2v) is 5.15. The number of carbonyl (C=O) groups excluding carboxylic acids is 1. The number of hydrazone groups is 1. The summed E-state index contributed by atoms with van der Waals surface area (Å²) in [5, 5.41) is 12.6. The van der Waals surface area contributed by atoms with Crippen molar-refractivity contribution in [3.05, 3.63) is 59.2 Å². The first-order valence-corrected chi connectivity index (χ1v) is 7.80. The van der Waals surface area contributed by atoms with Crippen LogP contribution in [-0.2, 0) is 0 Å². The lowest BCUT2D eigenvalue weighted by Crippen LogP contribution is -2.17. The molecule has 2 rings (SSSR count). The Balaban J connectivity index is 2.06. The fraction of sp³-hybridized carbons (Fsp3) is 0.211. The van der Waals surface area contributed by atoms with E-state index < -0.39 is 0 Å². The minimum atomic E-state index is -0.279. The Kier molecular flexibility index (Phi) is 6.55. The van der Waals surface area contributed by atoms with E-state index in [2.05, 4.69) is 10.5 Å². The molecule has 0 radical (unpaired) electrons. The zero-order valence-corrected chi connectivity index (χ0v) is 14.2. The van der Waals surface area contributed by atoms with Gasteiger partial charge in [-0.1, -0.05) is 17.7 Å². The van der Waals surface area contributed by atoms with Gasteiger partial charge in [-0.25, -0.2) is 5.43 Å². The summed E-state index contributed by atoms with van der Waals surface area (Å²) in [4.78, 5) is 12.0. The zero-order chi connectivity index (χ0) is 18.1. The predicted molar refractivity (Wildman–Crippen MR) is 95.0 cm³/mol. The molecule has 0 aliphatic heterocycles. The van der Waals surface area contributed by atoms with Crippen LogP contribution in [0.15, 0.2) is 47.6 Å². The number of ether oxygens (including phenoxy) is 2. The van der Waals surface area contributed by atoms with Gasteiger partial charge in [0, 0.05) is 5.56 Å². The molecule has 1 N–H and O–H groups in total. The summed E-state index contributed by atoms with van der Waals surface area (Å²) in [5.74, 6) is 0.731. The molecule has 6 nitrogen and oxygen atoms in total. The minimum absolute atomic E-state index is 0.0555. The van der Waals surface area contributed by atoms with Crippen LogP contribution < -0.4 is 14.9 Å². The number of rotatable bonds is 7. The maximum absolute atomic E-state index is 12.0. The molecule has 0 atom stereocenters. The van der Waals surface area contributed by atoms with Gasteiger partial charge in [0.2, 0.25) is 0 Å². The first kappa shape index (κ1) is 18.0. The molecule has 6 heteroatoms. The Morgan fingerprint density at radius 3 is 2.80 bits per heavy atom.